The molecule has 0 aromatic carbocycles. The molecule has 98 valence electrons. The Bertz CT molecular complexity index is 604. The first-order valence-electron chi connectivity index (χ1n) is 5.46. The van der Waals surface area contributed by atoms with Gasteiger partial charge in [-0.3, -0.25) is 9.78 Å². The molecule has 0 aliphatic heterocycles. The summed E-state index contributed by atoms with van der Waals surface area (Å²) in [5.74, 6) is -0.830. The fraction of sp³-hybridized carbons (Fsp3) is 0.167. The number of aromatic nitrogens is 2. The highest BCUT2D eigenvalue weighted by Crippen LogP contribution is 2.03. The number of carboxylic acid groups (broad SMARTS) is 1. The van der Waals surface area contributed by atoms with Crippen molar-refractivity contribution in [3.05, 3.63) is 47.1 Å². The van der Waals surface area contributed by atoms with Crippen LogP contribution in [0.5, 0.6) is 0 Å². The van der Waals surface area contributed by atoms with E-state index in [4.69, 9.17) is 9.63 Å². The van der Waals surface area contributed by atoms with Crippen molar-refractivity contribution in [3.63, 3.8) is 0 Å². The van der Waals surface area contributed by atoms with Crippen LogP contribution in [-0.4, -0.2) is 27.1 Å². The van der Waals surface area contributed by atoms with Crippen LogP contribution < -0.4 is 5.32 Å². The van der Waals surface area contributed by atoms with Crippen LogP contribution in [0.1, 0.15) is 32.3 Å². The lowest BCUT2D eigenvalue weighted by Gasteiger charge is -2.02. The summed E-state index contributed by atoms with van der Waals surface area (Å²) in [7, 11) is 0. The number of carboxylic acids is 1. The first kappa shape index (κ1) is 12.7. The molecule has 0 fully saturated rings. The van der Waals surface area contributed by atoms with Crippen molar-refractivity contribution in [2.24, 2.45) is 0 Å². The summed E-state index contributed by atoms with van der Waals surface area (Å²) < 4.78 is 4.86. The Hall–Kier alpha value is -2.70. The monoisotopic (exact) mass is 261 g/mol. The molecule has 2 aromatic rings. The zero-order chi connectivity index (χ0) is 13.8. The Morgan fingerprint density at radius 2 is 2.21 bits per heavy atom. The van der Waals surface area contributed by atoms with Gasteiger partial charge in [-0.2, -0.15) is 0 Å². The van der Waals surface area contributed by atoms with E-state index < -0.39 is 11.9 Å². The fourth-order valence-corrected chi connectivity index (χ4v) is 1.42. The van der Waals surface area contributed by atoms with Crippen LogP contribution in [0.15, 0.2) is 28.9 Å². The normalized spacial score (nSPS) is 10.2. The second-order valence-corrected chi connectivity index (χ2v) is 3.85. The maximum atomic E-state index is 11.7. The van der Waals surface area contributed by atoms with Crippen molar-refractivity contribution in [2.45, 2.75) is 13.5 Å². The van der Waals surface area contributed by atoms with E-state index in [1.54, 1.807) is 13.0 Å². The molecule has 19 heavy (non-hydrogen) atoms. The van der Waals surface area contributed by atoms with E-state index in [-0.39, 0.29) is 17.8 Å². The van der Waals surface area contributed by atoms with Crippen molar-refractivity contribution in [2.75, 3.05) is 0 Å². The van der Waals surface area contributed by atoms with E-state index in [2.05, 4.69) is 15.5 Å². The van der Waals surface area contributed by atoms with Gasteiger partial charge in [-0.25, -0.2) is 4.79 Å². The Morgan fingerprint density at radius 1 is 1.42 bits per heavy atom. The second-order valence-electron chi connectivity index (χ2n) is 3.85. The van der Waals surface area contributed by atoms with Gasteiger partial charge in [-0.05, 0) is 19.1 Å². The molecule has 1 amide bonds. The van der Waals surface area contributed by atoms with Crippen molar-refractivity contribution >= 4 is 11.9 Å². The number of aryl methyl sites for hydroxylation is 1. The third-order valence-electron chi connectivity index (χ3n) is 2.35. The number of nitrogens with one attached hydrogen (secondary N) is 1. The van der Waals surface area contributed by atoms with Gasteiger partial charge in [-0.15, -0.1) is 0 Å². The molecule has 7 heteroatoms. The van der Waals surface area contributed by atoms with Crippen LogP contribution in [-0.2, 0) is 6.54 Å². The van der Waals surface area contributed by atoms with Crippen molar-refractivity contribution < 1.29 is 19.2 Å². The molecule has 2 heterocycles. The van der Waals surface area contributed by atoms with Crippen molar-refractivity contribution in [1.82, 2.24) is 15.5 Å². The lowest BCUT2D eigenvalue weighted by molar-refractivity contribution is 0.0695. The Balaban J connectivity index is 1.98. The lowest BCUT2D eigenvalue weighted by atomic mass is 10.2. The minimum Gasteiger partial charge on any atom is -0.478 e. The van der Waals surface area contributed by atoms with Crippen LogP contribution in [0.3, 0.4) is 0 Å². The summed E-state index contributed by atoms with van der Waals surface area (Å²) in [6, 6.07) is 4.39. The minimum atomic E-state index is -1.09. The number of carbonyl (C=O) groups excluding carboxylic acids is 1. The van der Waals surface area contributed by atoms with E-state index in [1.165, 1.54) is 12.1 Å². The predicted molar refractivity (Wildman–Crippen MR) is 63.6 cm³/mol. The average Bonchev–Trinajstić information content (AvgIpc) is 2.82. The van der Waals surface area contributed by atoms with Gasteiger partial charge < -0.3 is 14.9 Å². The lowest BCUT2D eigenvalue weighted by Crippen LogP contribution is -2.24. The predicted octanol–water partition coefficient (Wildman–Crippen LogP) is 1.01. The zero-order valence-electron chi connectivity index (χ0n) is 10.1. The van der Waals surface area contributed by atoms with Crippen molar-refractivity contribution in [1.29, 1.82) is 0 Å². The maximum absolute atomic E-state index is 11.7. The van der Waals surface area contributed by atoms with Gasteiger partial charge in [0, 0.05) is 12.3 Å². The van der Waals surface area contributed by atoms with E-state index in [9.17, 15) is 9.59 Å². The summed E-state index contributed by atoms with van der Waals surface area (Å²) in [6.07, 6.45) is 1.14. The summed E-state index contributed by atoms with van der Waals surface area (Å²) in [4.78, 5) is 26.1. The molecule has 2 rings (SSSR count). The molecule has 2 N–H and O–H groups in total. The minimum absolute atomic E-state index is 0.0312. The number of rotatable bonds is 4. The van der Waals surface area contributed by atoms with Gasteiger partial charge in [0.2, 0.25) is 0 Å². The van der Waals surface area contributed by atoms with Gasteiger partial charge >= 0.3 is 5.97 Å². The Labute approximate surface area is 108 Å². The third kappa shape index (κ3) is 3.15. The highest BCUT2D eigenvalue weighted by molar-refractivity contribution is 5.93. The van der Waals surface area contributed by atoms with E-state index in [0.29, 0.717) is 11.5 Å². The molecule has 7 nitrogen and oxygen atoms in total. The molecular weight excluding hydrogens is 250 g/mol. The summed E-state index contributed by atoms with van der Waals surface area (Å²) in [5.41, 5.74) is 0.780. The zero-order valence-corrected chi connectivity index (χ0v) is 10.1. The number of hydrogen-bond acceptors (Lipinski definition) is 5. The first-order valence-corrected chi connectivity index (χ1v) is 5.46. The molecule has 0 bridgehead atoms. The smallest absolute Gasteiger partial charge is 0.337 e. The van der Waals surface area contributed by atoms with Crippen LogP contribution in [0.25, 0.3) is 0 Å². The SMILES string of the molecule is Cc1cc(CNC(=O)c2ccc(C(=O)O)cn2)no1. The van der Waals surface area contributed by atoms with Gasteiger partial charge in [-0.1, -0.05) is 5.16 Å². The van der Waals surface area contributed by atoms with Gasteiger partial charge in [0.05, 0.1) is 12.1 Å². The molecule has 0 atom stereocenters. The fourth-order valence-electron chi connectivity index (χ4n) is 1.42. The topological polar surface area (TPSA) is 105 Å². The van der Waals surface area contributed by atoms with Crippen LogP contribution in [0.4, 0.5) is 0 Å². The Morgan fingerprint density at radius 3 is 2.74 bits per heavy atom. The quantitative estimate of drug-likeness (QED) is 0.850. The third-order valence-corrected chi connectivity index (χ3v) is 2.35. The number of carbonyl (C=O) groups is 2. The standard InChI is InChI=1S/C12H11N3O4/c1-7-4-9(15-19-7)6-14-11(16)10-3-2-8(5-13-10)12(17)18/h2-5H,6H2,1H3,(H,14,16)(H,17,18). The second kappa shape index (κ2) is 5.30. The number of amides is 1. The Kier molecular flexibility index (Phi) is 3.56. The highest BCUT2D eigenvalue weighted by Gasteiger charge is 2.10. The maximum Gasteiger partial charge on any atom is 0.337 e. The van der Waals surface area contributed by atoms with Crippen molar-refractivity contribution in [3.8, 4) is 0 Å². The van der Waals surface area contributed by atoms with E-state index in [0.717, 1.165) is 6.20 Å². The molecule has 0 saturated heterocycles. The summed E-state index contributed by atoms with van der Waals surface area (Å²) in [6.45, 7) is 1.98. The van der Waals surface area contributed by atoms with Crippen LogP contribution in [0.2, 0.25) is 0 Å². The number of hydrogen-bond donors (Lipinski definition) is 2. The number of pyridine rings is 1. The van der Waals surface area contributed by atoms with Gasteiger partial charge in [0.15, 0.2) is 0 Å². The number of nitrogens with zero attached hydrogens (tertiary/aromatic N) is 2. The molecule has 0 saturated carbocycles. The molecular formula is C12H11N3O4. The molecule has 0 aliphatic carbocycles. The van der Waals surface area contributed by atoms with Crippen LogP contribution in [0, 0.1) is 6.92 Å². The van der Waals surface area contributed by atoms with E-state index in [1.807, 2.05) is 0 Å². The highest BCUT2D eigenvalue weighted by atomic mass is 16.5. The summed E-state index contributed by atoms with van der Waals surface area (Å²) >= 11 is 0. The van der Waals surface area contributed by atoms with Gasteiger partial charge in [0.1, 0.15) is 17.1 Å². The largest absolute Gasteiger partial charge is 0.478 e. The molecule has 2 aromatic heterocycles. The molecule has 0 aliphatic rings. The average molecular weight is 261 g/mol. The van der Waals surface area contributed by atoms with Gasteiger partial charge in [0.25, 0.3) is 5.91 Å². The van der Waals surface area contributed by atoms with Crippen LogP contribution >= 0.6 is 0 Å². The summed E-state index contributed by atoms with van der Waals surface area (Å²) in [5, 5.41) is 15.0. The number of aromatic carboxylic acids is 1. The molecule has 0 unspecified atom stereocenters. The van der Waals surface area contributed by atoms with E-state index >= 15 is 0 Å². The molecule has 0 spiro atoms. The molecule has 0 radical (unpaired) electrons. The first-order chi connectivity index (χ1) is 9.06.